The van der Waals surface area contributed by atoms with Gasteiger partial charge in [-0.05, 0) is 54.2 Å². The van der Waals surface area contributed by atoms with Crippen molar-refractivity contribution in [3.8, 4) is 0 Å². The molecule has 0 aromatic heterocycles. The second kappa shape index (κ2) is 6.48. The Balaban J connectivity index is 2.25. The van der Waals surface area contributed by atoms with E-state index in [0.717, 1.165) is 5.56 Å². The van der Waals surface area contributed by atoms with Gasteiger partial charge in [0.2, 0.25) is 0 Å². The van der Waals surface area contributed by atoms with Crippen LogP contribution in [0.2, 0.25) is 5.02 Å². The highest BCUT2D eigenvalue weighted by Crippen LogP contribution is 2.45. The maximum atomic E-state index is 13.6. The lowest BCUT2D eigenvalue weighted by Crippen LogP contribution is -2.17. The molecule has 0 saturated heterocycles. The standard InChI is InChI=1S/C20H15ClF3/c1-13-8-10-14(11-9-13)19-17(15-4-2-5-16(21)12-15)6-3-7-18(19)20(22,23)24/h2,4-12H,3H2,1H3. The molecule has 1 aliphatic rings. The summed E-state index contributed by atoms with van der Waals surface area (Å²) in [5.41, 5.74) is 2.42. The molecule has 0 amide bonds. The van der Waals surface area contributed by atoms with Crippen molar-refractivity contribution in [2.45, 2.75) is 19.5 Å². The first-order chi connectivity index (χ1) is 11.4. The van der Waals surface area contributed by atoms with Crippen molar-refractivity contribution >= 4 is 22.7 Å². The van der Waals surface area contributed by atoms with E-state index in [9.17, 15) is 13.2 Å². The predicted octanol–water partition coefficient (Wildman–Crippen LogP) is 6.66. The lowest BCUT2D eigenvalue weighted by Gasteiger charge is -2.24. The van der Waals surface area contributed by atoms with Gasteiger partial charge < -0.3 is 0 Å². The van der Waals surface area contributed by atoms with Gasteiger partial charge in [-0.1, -0.05) is 59.6 Å². The second-order valence-electron chi connectivity index (χ2n) is 5.72. The predicted molar refractivity (Wildman–Crippen MR) is 92.5 cm³/mol. The molecular weight excluding hydrogens is 333 g/mol. The van der Waals surface area contributed by atoms with Crippen molar-refractivity contribution in [3.05, 3.63) is 88.3 Å². The molecule has 123 valence electrons. The largest absolute Gasteiger partial charge is 0.416 e. The first-order valence-corrected chi connectivity index (χ1v) is 7.92. The Labute approximate surface area is 144 Å². The second-order valence-corrected chi connectivity index (χ2v) is 6.16. The van der Waals surface area contributed by atoms with E-state index in [1.54, 1.807) is 36.4 Å². The maximum absolute atomic E-state index is 13.6. The van der Waals surface area contributed by atoms with E-state index in [0.29, 0.717) is 21.7 Å². The molecule has 2 aromatic carbocycles. The first kappa shape index (κ1) is 16.8. The summed E-state index contributed by atoms with van der Waals surface area (Å²) >= 11 is 6.03. The minimum atomic E-state index is -4.40. The Morgan fingerprint density at radius 3 is 2.29 bits per heavy atom. The van der Waals surface area contributed by atoms with Crippen molar-refractivity contribution in [2.24, 2.45) is 0 Å². The van der Waals surface area contributed by atoms with E-state index in [-0.39, 0.29) is 12.0 Å². The summed E-state index contributed by atoms with van der Waals surface area (Å²) in [5, 5.41) is 0.500. The summed E-state index contributed by atoms with van der Waals surface area (Å²) in [5.74, 6) is 0. The van der Waals surface area contributed by atoms with Gasteiger partial charge in [-0.25, -0.2) is 0 Å². The smallest absolute Gasteiger partial charge is 0.166 e. The van der Waals surface area contributed by atoms with Crippen LogP contribution in [0.3, 0.4) is 0 Å². The Morgan fingerprint density at radius 1 is 0.958 bits per heavy atom. The monoisotopic (exact) mass is 347 g/mol. The van der Waals surface area contributed by atoms with Crippen LogP contribution in [0.5, 0.6) is 0 Å². The van der Waals surface area contributed by atoms with E-state index >= 15 is 0 Å². The third-order valence-electron chi connectivity index (χ3n) is 3.96. The normalized spacial score (nSPS) is 15.5. The number of hydrogen-bond acceptors (Lipinski definition) is 0. The van der Waals surface area contributed by atoms with Gasteiger partial charge in [0.25, 0.3) is 0 Å². The molecule has 0 saturated carbocycles. The molecule has 0 heterocycles. The number of benzene rings is 2. The van der Waals surface area contributed by atoms with Gasteiger partial charge in [0, 0.05) is 5.02 Å². The summed E-state index contributed by atoms with van der Waals surface area (Å²) in [4.78, 5) is 0. The minimum absolute atomic E-state index is 0.205. The quantitative estimate of drug-likeness (QED) is 0.570. The zero-order valence-corrected chi connectivity index (χ0v) is 13.7. The number of hydrogen-bond donors (Lipinski definition) is 0. The van der Waals surface area contributed by atoms with Gasteiger partial charge in [-0.3, -0.25) is 0 Å². The highest BCUT2D eigenvalue weighted by Gasteiger charge is 2.38. The SMILES string of the molecule is Cc1ccc(C2=C(c3cccc(Cl)c3)[CH]CC=C2C(F)(F)F)cc1. The Kier molecular flexibility index (Phi) is 4.55. The molecule has 0 N–H and O–H groups in total. The fraction of sp³-hybridized carbons (Fsp3) is 0.150. The molecule has 3 rings (SSSR count). The number of aryl methyl sites for hydroxylation is 1. The molecule has 0 unspecified atom stereocenters. The third-order valence-corrected chi connectivity index (χ3v) is 4.20. The molecule has 0 spiro atoms. The van der Waals surface area contributed by atoms with Crippen LogP contribution in [0.1, 0.15) is 23.1 Å². The number of alkyl halides is 3. The van der Waals surface area contributed by atoms with E-state index in [1.165, 1.54) is 6.08 Å². The van der Waals surface area contributed by atoms with Crippen LogP contribution < -0.4 is 0 Å². The molecular formula is C20H15ClF3. The van der Waals surface area contributed by atoms with Gasteiger partial charge >= 0.3 is 6.18 Å². The van der Waals surface area contributed by atoms with Gasteiger partial charge in [-0.2, -0.15) is 13.2 Å². The molecule has 1 radical (unpaired) electrons. The average molecular weight is 348 g/mol. The molecule has 0 bridgehead atoms. The van der Waals surface area contributed by atoms with Crippen LogP contribution >= 0.6 is 11.6 Å². The minimum Gasteiger partial charge on any atom is -0.166 e. The third kappa shape index (κ3) is 3.41. The lowest BCUT2D eigenvalue weighted by atomic mass is 9.82. The fourth-order valence-electron chi connectivity index (χ4n) is 2.85. The van der Waals surface area contributed by atoms with E-state index in [1.807, 2.05) is 25.5 Å². The zero-order valence-electron chi connectivity index (χ0n) is 13.0. The fourth-order valence-corrected chi connectivity index (χ4v) is 3.04. The molecule has 24 heavy (non-hydrogen) atoms. The Morgan fingerprint density at radius 2 is 1.67 bits per heavy atom. The van der Waals surface area contributed by atoms with Crippen LogP contribution in [-0.4, -0.2) is 6.18 Å². The highest BCUT2D eigenvalue weighted by molar-refractivity contribution is 6.30. The summed E-state index contributed by atoms with van der Waals surface area (Å²) in [6, 6.07) is 14.0. The van der Waals surface area contributed by atoms with Crippen molar-refractivity contribution in [1.82, 2.24) is 0 Å². The van der Waals surface area contributed by atoms with Gasteiger partial charge in [0.15, 0.2) is 0 Å². The summed E-state index contributed by atoms with van der Waals surface area (Å²) in [6.07, 6.45) is -1.11. The number of allylic oxidation sites excluding steroid dienone is 4. The molecule has 0 fully saturated rings. The zero-order chi connectivity index (χ0) is 17.3. The maximum Gasteiger partial charge on any atom is 0.416 e. The van der Waals surface area contributed by atoms with Crippen LogP contribution in [-0.2, 0) is 0 Å². The summed E-state index contributed by atoms with van der Waals surface area (Å²) < 4.78 is 40.7. The number of halogens is 4. The van der Waals surface area contributed by atoms with E-state index in [4.69, 9.17) is 11.6 Å². The average Bonchev–Trinajstić information content (AvgIpc) is 2.54. The van der Waals surface area contributed by atoms with Crippen LogP contribution in [0.15, 0.2) is 60.2 Å². The van der Waals surface area contributed by atoms with Crippen molar-refractivity contribution in [2.75, 3.05) is 0 Å². The molecule has 0 nitrogen and oxygen atoms in total. The van der Waals surface area contributed by atoms with E-state index < -0.39 is 11.7 Å². The van der Waals surface area contributed by atoms with Crippen LogP contribution in [0.4, 0.5) is 13.2 Å². The lowest BCUT2D eigenvalue weighted by molar-refractivity contribution is -0.0873. The van der Waals surface area contributed by atoms with Crippen molar-refractivity contribution in [1.29, 1.82) is 0 Å². The van der Waals surface area contributed by atoms with Crippen molar-refractivity contribution < 1.29 is 13.2 Å². The van der Waals surface area contributed by atoms with Crippen LogP contribution in [0, 0.1) is 13.3 Å². The number of rotatable bonds is 2. The molecule has 2 aromatic rings. The summed E-state index contributed by atoms with van der Waals surface area (Å²) in [7, 11) is 0. The molecule has 4 heteroatoms. The van der Waals surface area contributed by atoms with Gasteiger partial charge in [0.1, 0.15) is 0 Å². The van der Waals surface area contributed by atoms with Crippen molar-refractivity contribution in [3.63, 3.8) is 0 Å². The van der Waals surface area contributed by atoms with E-state index in [2.05, 4.69) is 0 Å². The van der Waals surface area contributed by atoms with Gasteiger partial charge in [-0.15, -0.1) is 0 Å². The Bertz CT molecular complexity index is 812. The van der Waals surface area contributed by atoms with Gasteiger partial charge in [0.05, 0.1) is 5.57 Å². The summed E-state index contributed by atoms with van der Waals surface area (Å²) in [6.45, 7) is 1.91. The Hall–Kier alpha value is -2.00. The first-order valence-electron chi connectivity index (χ1n) is 7.54. The topological polar surface area (TPSA) is 0 Å². The highest BCUT2D eigenvalue weighted by atomic mass is 35.5. The molecule has 1 aliphatic carbocycles. The molecule has 0 aliphatic heterocycles. The molecule has 0 atom stereocenters. The van der Waals surface area contributed by atoms with Crippen LogP contribution in [0.25, 0.3) is 11.1 Å².